The highest BCUT2D eigenvalue weighted by molar-refractivity contribution is 8.00. The molecule has 0 saturated carbocycles. The Morgan fingerprint density at radius 3 is 2.82 bits per heavy atom. The molecule has 6 heteroatoms. The normalized spacial score (nSPS) is 12.3. The fourth-order valence-corrected chi connectivity index (χ4v) is 2.82. The largest absolute Gasteiger partial charge is 0.431 e. The van der Waals surface area contributed by atoms with Crippen LogP contribution in [0.5, 0.6) is 0 Å². The molecule has 0 aliphatic heterocycles. The van der Waals surface area contributed by atoms with E-state index in [0.29, 0.717) is 15.8 Å². The van der Waals surface area contributed by atoms with Crippen LogP contribution < -0.4 is 5.32 Å². The smallest absolute Gasteiger partial charge is 0.257 e. The molecule has 0 bridgehead atoms. The molecule has 4 nitrogen and oxygen atoms in total. The summed E-state index contributed by atoms with van der Waals surface area (Å²) >= 11 is 7.19. The summed E-state index contributed by atoms with van der Waals surface area (Å²) in [4.78, 5) is 16.5. The van der Waals surface area contributed by atoms with Crippen LogP contribution in [0.3, 0.4) is 0 Å². The van der Waals surface area contributed by atoms with Gasteiger partial charge in [0.25, 0.3) is 5.22 Å². The number of aromatic nitrogens is 1. The molecule has 0 fully saturated rings. The van der Waals surface area contributed by atoms with E-state index >= 15 is 0 Å². The minimum Gasteiger partial charge on any atom is -0.431 e. The Hall–Kier alpha value is -1.98. The first kappa shape index (κ1) is 14.9. The molecule has 0 saturated heterocycles. The maximum absolute atomic E-state index is 12.2. The lowest BCUT2D eigenvalue weighted by molar-refractivity contribution is -0.115. The first-order valence-electron chi connectivity index (χ1n) is 6.70. The fraction of sp³-hybridized carbons (Fsp3) is 0.125. The van der Waals surface area contributed by atoms with Crippen LogP contribution in [0.15, 0.2) is 58.2 Å². The molecular formula is C16H13ClN2O2S. The summed E-state index contributed by atoms with van der Waals surface area (Å²) in [5, 5.41) is 3.57. The zero-order valence-corrected chi connectivity index (χ0v) is 13.3. The summed E-state index contributed by atoms with van der Waals surface area (Å²) in [6.07, 6.45) is 0. The number of para-hydroxylation sites is 1. The van der Waals surface area contributed by atoms with Crippen molar-refractivity contribution in [2.45, 2.75) is 17.4 Å². The van der Waals surface area contributed by atoms with Crippen LogP contribution >= 0.6 is 23.4 Å². The number of oxazole rings is 1. The zero-order valence-electron chi connectivity index (χ0n) is 11.7. The number of thioether (sulfide) groups is 1. The van der Waals surface area contributed by atoms with Gasteiger partial charge in [-0.05, 0) is 31.2 Å². The first-order valence-corrected chi connectivity index (χ1v) is 7.96. The van der Waals surface area contributed by atoms with Crippen molar-refractivity contribution >= 4 is 46.1 Å². The third-order valence-corrected chi connectivity index (χ3v) is 4.20. The summed E-state index contributed by atoms with van der Waals surface area (Å²) in [5.74, 6) is -0.100. The van der Waals surface area contributed by atoms with Crippen LogP contribution in [0.4, 0.5) is 5.69 Å². The second-order valence-corrected chi connectivity index (χ2v) is 6.44. The van der Waals surface area contributed by atoms with Crippen molar-refractivity contribution in [1.29, 1.82) is 0 Å². The average molecular weight is 333 g/mol. The summed E-state index contributed by atoms with van der Waals surface area (Å²) < 4.78 is 5.61. The van der Waals surface area contributed by atoms with Gasteiger partial charge in [0.1, 0.15) is 5.52 Å². The first-order chi connectivity index (χ1) is 10.6. The van der Waals surface area contributed by atoms with E-state index in [1.165, 1.54) is 11.8 Å². The van der Waals surface area contributed by atoms with Crippen LogP contribution in [-0.4, -0.2) is 16.1 Å². The van der Waals surface area contributed by atoms with Gasteiger partial charge in [0.2, 0.25) is 5.91 Å². The molecule has 0 aliphatic rings. The lowest BCUT2D eigenvalue weighted by atomic mass is 10.3. The standard InChI is InChI=1S/C16H13ClN2O2S/c1-10(15(20)18-12-5-3-2-4-6-12)22-16-19-13-8-7-11(17)9-14(13)21-16/h2-10H,1H3,(H,18,20)/t10-/m0/s1. The molecule has 1 amide bonds. The van der Waals surface area contributed by atoms with Gasteiger partial charge in [-0.1, -0.05) is 41.6 Å². The molecule has 2 aromatic carbocycles. The highest BCUT2D eigenvalue weighted by atomic mass is 35.5. The molecule has 112 valence electrons. The maximum Gasteiger partial charge on any atom is 0.257 e. The average Bonchev–Trinajstić information content (AvgIpc) is 2.89. The zero-order chi connectivity index (χ0) is 15.5. The van der Waals surface area contributed by atoms with Gasteiger partial charge in [-0.2, -0.15) is 0 Å². The Labute approximate surface area is 136 Å². The molecule has 0 spiro atoms. The van der Waals surface area contributed by atoms with E-state index in [9.17, 15) is 4.79 Å². The van der Waals surface area contributed by atoms with Gasteiger partial charge in [-0.25, -0.2) is 4.98 Å². The van der Waals surface area contributed by atoms with Crippen molar-refractivity contribution in [3.8, 4) is 0 Å². The van der Waals surface area contributed by atoms with E-state index in [1.807, 2.05) is 37.3 Å². The molecule has 0 unspecified atom stereocenters. The molecule has 22 heavy (non-hydrogen) atoms. The molecule has 3 rings (SSSR count). The number of amides is 1. The number of carbonyl (C=O) groups is 1. The Balaban J connectivity index is 1.69. The van der Waals surface area contributed by atoms with Crippen molar-refractivity contribution in [2.24, 2.45) is 0 Å². The number of carbonyl (C=O) groups excluding carboxylic acids is 1. The van der Waals surface area contributed by atoms with Crippen LogP contribution in [0.1, 0.15) is 6.92 Å². The molecule has 0 aliphatic carbocycles. The quantitative estimate of drug-likeness (QED) is 0.709. The van der Waals surface area contributed by atoms with Crippen molar-refractivity contribution in [3.05, 3.63) is 53.6 Å². The van der Waals surface area contributed by atoms with Crippen molar-refractivity contribution in [2.75, 3.05) is 5.32 Å². The lowest BCUT2D eigenvalue weighted by Gasteiger charge is -2.09. The number of hydrogen-bond acceptors (Lipinski definition) is 4. The van der Waals surface area contributed by atoms with Crippen molar-refractivity contribution in [1.82, 2.24) is 4.98 Å². The molecule has 3 aromatic rings. The third kappa shape index (κ3) is 3.43. The Morgan fingerprint density at radius 2 is 2.05 bits per heavy atom. The van der Waals surface area contributed by atoms with Crippen LogP contribution in [0, 0.1) is 0 Å². The number of nitrogens with one attached hydrogen (secondary N) is 1. The van der Waals surface area contributed by atoms with E-state index in [0.717, 1.165) is 11.2 Å². The highest BCUT2D eigenvalue weighted by Gasteiger charge is 2.18. The Morgan fingerprint density at radius 1 is 1.27 bits per heavy atom. The second kappa shape index (κ2) is 6.42. The topological polar surface area (TPSA) is 55.1 Å². The Bertz CT molecular complexity index is 804. The number of nitrogens with zero attached hydrogens (tertiary/aromatic N) is 1. The summed E-state index contributed by atoms with van der Waals surface area (Å²) in [6.45, 7) is 1.81. The van der Waals surface area contributed by atoms with Gasteiger partial charge in [0, 0.05) is 16.8 Å². The minimum absolute atomic E-state index is 0.100. The molecule has 1 atom stereocenters. The fourth-order valence-electron chi connectivity index (χ4n) is 1.90. The minimum atomic E-state index is -0.330. The van der Waals surface area contributed by atoms with E-state index in [2.05, 4.69) is 10.3 Å². The molecule has 1 N–H and O–H groups in total. The monoisotopic (exact) mass is 332 g/mol. The third-order valence-electron chi connectivity index (χ3n) is 3.02. The van der Waals surface area contributed by atoms with Crippen molar-refractivity contribution < 1.29 is 9.21 Å². The number of rotatable bonds is 4. The summed E-state index contributed by atoms with van der Waals surface area (Å²) in [6, 6.07) is 14.6. The van der Waals surface area contributed by atoms with E-state index < -0.39 is 0 Å². The highest BCUT2D eigenvalue weighted by Crippen LogP contribution is 2.28. The van der Waals surface area contributed by atoms with E-state index in [-0.39, 0.29) is 11.2 Å². The van der Waals surface area contributed by atoms with Gasteiger partial charge < -0.3 is 9.73 Å². The summed E-state index contributed by atoms with van der Waals surface area (Å²) in [7, 11) is 0. The number of anilines is 1. The van der Waals surface area contributed by atoms with Gasteiger partial charge >= 0.3 is 0 Å². The predicted octanol–water partition coefficient (Wildman–Crippen LogP) is 4.60. The van der Waals surface area contributed by atoms with E-state index in [1.54, 1.807) is 18.2 Å². The maximum atomic E-state index is 12.2. The van der Waals surface area contributed by atoms with Gasteiger partial charge in [-0.15, -0.1) is 0 Å². The number of benzene rings is 2. The van der Waals surface area contributed by atoms with Gasteiger partial charge in [0.15, 0.2) is 5.58 Å². The number of halogens is 1. The van der Waals surface area contributed by atoms with E-state index in [4.69, 9.17) is 16.0 Å². The molecule has 1 heterocycles. The van der Waals surface area contributed by atoms with Gasteiger partial charge in [-0.3, -0.25) is 4.79 Å². The number of hydrogen-bond donors (Lipinski definition) is 1. The molecule has 1 aromatic heterocycles. The van der Waals surface area contributed by atoms with Crippen molar-refractivity contribution in [3.63, 3.8) is 0 Å². The summed E-state index contributed by atoms with van der Waals surface area (Å²) in [5.41, 5.74) is 2.11. The van der Waals surface area contributed by atoms with Gasteiger partial charge in [0.05, 0.1) is 5.25 Å². The molecule has 0 radical (unpaired) electrons. The van der Waals surface area contributed by atoms with Crippen LogP contribution in [0.25, 0.3) is 11.1 Å². The number of fused-ring (bicyclic) bond motifs is 1. The lowest BCUT2D eigenvalue weighted by Crippen LogP contribution is -2.22. The Kier molecular flexibility index (Phi) is 4.36. The SMILES string of the molecule is C[C@H](Sc1nc2ccc(Cl)cc2o1)C(=O)Nc1ccccc1. The van der Waals surface area contributed by atoms with Crippen LogP contribution in [-0.2, 0) is 4.79 Å². The second-order valence-electron chi connectivity index (χ2n) is 4.71. The van der Waals surface area contributed by atoms with Crippen LogP contribution in [0.2, 0.25) is 5.02 Å². The predicted molar refractivity (Wildman–Crippen MR) is 89.4 cm³/mol. The molecular weight excluding hydrogens is 320 g/mol.